The van der Waals surface area contributed by atoms with E-state index in [-0.39, 0.29) is 6.04 Å². The smallest absolute Gasteiger partial charge is 0.240 e. The fourth-order valence-electron chi connectivity index (χ4n) is 3.65. The van der Waals surface area contributed by atoms with Crippen LogP contribution >= 0.6 is 0 Å². The van der Waals surface area contributed by atoms with Crippen LogP contribution in [0.5, 0.6) is 0 Å². The van der Waals surface area contributed by atoms with Gasteiger partial charge >= 0.3 is 0 Å². The van der Waals surface area contributed by atoms with Gasteiger partial charge in [0.05, 0.1) is 6.04 Å². The van der Waals surface area contributed by atoms with E-state index in [1.807, 2.05) is 0 Å². The first-order valence-corrected chi connectivity index (χ1v) is 7.80. The van der Waals surface area contributed by atoms with Gasteiger partial charge in [0.25, 0.3) is 0 Å². The number of carbonyl (C=O) groups is 1. The van der Waals surface area contributed by atoms with Crippen LogP contribution in [-0.2, 0) is 4.79 Å². The lowest BCUT2D eigenvalue weighted by atomic mass is 9.83. The molecule has 1 N–H and O–H groups in total. The van der Waals surface area contributed by atoms with E-state index < -0.39 is 0 Å². The SMILES string of the molecule is CCCC1CCC(N2CCC(NCC)C2=O)CC1. The molecule has 1 atom stereocenters. The van der Waals surface area contributed by atoms with Crippen molar-refractivity contribution in [3.8, 4) is 0 Å². The number of carbonyl (C=O) groups excluding carboxylic acids is 1. The zero-order chi connectivity index (χ0) is 13.0. The molecular formula is C15H28N2O. The maximum atomic E-state index is 12.3. The van der Waals surface area contributed by atoms with Crippen LogP contribution < -0.4 is 5.32 Å². The van der Waals surface area contributed by atoms with Gasteiger partial charge in [-0.3, -0.25) is 4.79 Å². The molecule has 0 spiro atoms. The standard InChI is InChI=1S/C15H28N2O/c1-3-5-12-6-8-13(9-7-12)17-11-10-14(15(17)18)16-4-2/h12-14,16H,3-11H2,1-2H3. The Morgan fingerprint density at radius 3 is 2.50 bits per heavy atom. The predicted octanol–water partition coefficient (Wildman–Crippen LogP) is 2.56. The van der Waals surface area contributed by atoms with Crippen molar-refractivity contribution in [3.63, 3.8) is 0 Å². The molecule has 0 aromatic carbocycles. The van der Waals surface area contributed by atoms with Crippen LogP contribution in [0, 0.1) is 5.92 Å². The maximum Gasteiger partial charge on any atom is 0.240 e. The van der Waals surface area contributed by atoms with Gasteiger partial charge in [-0.05, 0) is 44.6 Å². The van der Waals surface area contributed by atoms with Gasteiger partial charge < -0.3 is 10.2 Å². The third kappa shape index (κ3) is 3.05. The van der Waals surface area contributed by atoms with Crippen LogP contribution in [0.25, 0.3) is 0 Å². The molecule has 0 bridgehead atoms. The number of nitrogens with one attached hydrogen (secondary N) is 1. The van der Waals surface area contributed by atoms with E-state index in [9.17, 15) is 4.79 Å². The van der Waals surface area contributed by atoms with Crippen molar-refractivity contribution in [2.24, 2.45) is 5.92 Å². The van der Waals surface area contributed by atoms with Gasteiger partial charge in [-0.25, -0.2) is 0 Å². The molecular weight excluding hydrogens is 224 g/mol. The van der Waals surface area contributed by atoms with Crippen LogP contribution in [0.3, 0.4) is 0 Å². The van der Waals surface area contributed by atoms with Gasteiger partial charge in [-0.15, -0.1) is 0 Å². The minimum atomic E-state index is 0.100. The highest BCUT2D eigenvalue weighted by Crippen LogP contribution is 2.32. The van der Waals surface area contributed by atoms with Gasteiger partial charge in [-0.2, -0.15) is 0 Å². The van der Waals surface area contributed by atoms with E-state index in [2.05, 4.69) is 24.1 Å². The molecule has 0 aromatic heterocycles. The van der Waals surface area contributed by atoms with Gasteiger partial charge in [-0.1, -0.05) is 26.7 Å². The van der Waals surface area contributed by atoms with Crippen molar-refractivity contribution in [3.05, 3.63) is 0 Å². The molecule has 2 rings (SSSR count). The number of amides is 1. The van der Waals surface area contributed by atoms with Gasteiger partial charge in [0.15, 0.2) is 0 Å². The average Bonchev–Trinajstić information content (AvgIpc) is 2.73. The van der Waals surface area contributed by atoms with E-state index in [4.69, 9.17) is 0 Å². The molecule has 2 fully saturated rings. The Morgan fingerprint density at radius 1 is 1.17 bits per heavy atom. The zero-order valence-electron chi connectivity index (χ0n) is 12.0. The molecule has 0 aromatic rings. The highest BCUT2D eigenvalue weighted by molar-refractivity contribution is 5.84. The fraction of sp³-hybridized carbons (Fsp3) is 0.933. The molecule has 104 valence electrons. The maximum absolute atomic E-state index is 12.3. The van der Waals surface area contributed by atoms with Crippen molar-refractivity contribution < 1.29 is 4.79 Å². The van der Waals surface area contributed by atoms with Crippen molar-refractivity contribution in [1.29, 1.82) is 0 Å². The quantitative estimate of drug-likeness (QED) is 0.815. The molecule has 1 saturated heterocycles. The van der Waals surface area contributed by atoms with Gasteiger partial charge in [0, 0.05) is 12.6 Å². The average molecular weight is 252 g/mol. The summed E-state index contributed by atoms with van der Waals surface area (Å²) < 4.78 is 0. The first-order valence-electron chi connectivity index (χ1n) is 7.80. The number of rotatable bonds is 5. The van der Waals surface area contributed by atoms with Crippen molar-refractivity contribution in [2.75, 3.05) is 13.1 Å². The summed E-state index contributed by atoms with van der Waals surface area (Å²) in [4.78, 5) is 14.4. The summed E-state index contributed by atoms with van der Waals surface area (Å²) in [5.41, 5.74) is 0. The minimum Gasteiger partial charge on any atom is -0.338 e. The molecule has 1 heterocycles. The lowest BCUT2D eigenvalue weighted by Crippen LogP contribution is -2.44. The van der Waals surface area contributed by atoms with Crippen LogP contribution in [0.4, 0.5) is 0 Å². The fourth-order valence-corrected chi connectivity index (χ4v) is 3.65. The Bertz CT molecular complexity index is 272. The highest BCUT2D eigenvalue weighted by atomic mass is 16.2. The first-order chi connectivity index (χ1) is 8.76. The summed E-state index contributed by atoms with van der Waals surface area (Å²) in [6.07, 6.45) is 8.80. The summed E-state index contributed by atoms with van der Waals surface area (Å²) in [5.74, 6) is 1.28. The van der Waals surface area contributed by atoms with Crippen LogP contribution in [0.1, 0.15) is 58.8 Å². The lowest BCUT2D eigenvalue weighted by Gasteiger charge is -2.34. The highest BCUT2D eigenvalue weighted by Gasteiger charge is 2.36. The third-order valence-electron chi connectivity index (χ3n) is 4.64. The van der Waals surface area contributed by atoms with Crippen LogP contribution in [0.2, 0.25) is 0 Å². The van der Waals surface area contributed by atoms with E-state index in [1.165, 1.54) is 38.5 Å². The number of likely N-dealkylation sites (tertiary alicyclic amines) is 1. The monoisotopic (exact) mass is 252 g/mol. The number of likely N-dealkylation sites (N-methyl/N-ethyl adjacent to an activating group) is 1. The second-order valence-corrected chi connectivity index (χ2v) is 5.89. The molecule has 0 radical (unpaired) electrons. The Balaban J connectivity index is 1.81. The molecule has 18 heavy (non-hydrogen) atoms. The van der Waals surface area contributed by atoms with E-state index >= 15 is 0 Å². The minimum absolute atomic E-state index is 0.100. The number of nitrogens with zero attached hydrogens (tertiary/aromatic N) is 1. The van der Waals surface area contributed by atoms with E-state index in [1.54, 1.807) is 0 Å². The largest absolute Gasteiger partial charge is 0.338 e. The zero-order valence-corrected chi connectivity index (χ0v) is 12.0. The van der Waals surface area contributed by atoms with E-state index in [0.29, 0.717) is 11.9 Å². The van der Waals surface area contributed by atoms with Gasteiger partial charge in [0.1, 0.15) is 0 Å². The summed E-state index contributed by atoms with van der Waals surface area (Å²) in [6, 6.07) is 0.637. The first kappa shape index (κ1) is 13.9. The Morgan fingerprint density at radius 2 is 1.89 bits per heavy atom. The molecule has 3 nitrogen and oxygen atoms in total. The second-order valence-electron chi connectivity index (χ2n) is 5.89. The van der Waals surface area contributed by atoms with Crippen molar-refractivity contribution >= 4 is 5.91 Å². The normalized spacial score (nSPS) is 33.1. The molecule has 1 aliphatic heterocycles. The molecule has 1 saturated carbocycles. The number of hydrogen-bond donors (Lipinski definition) is 1. The molecule has 1 aliphatic carbocycles. The molecule has 1 unspecified atom stereocenters. The second kappa shape index (κ2) is 6.55. The Hall–Kier alpha value is -0.570. The summed E-state index contributed by atoms with van der Waals surface area (Å²) in [7, 11) is 0. The Kier molecular flexibility index (Phi) is 5.04. The molecule has 2 aliphatic rings. The summed E-state index contributed by atoms with van der Waals surface area (Å²) in [5, 5.41) is 3.30. The molecule has 1 amide bonds. The van der Waals surface area contributed by atoms with Crippen molar-refractivity contribution in [2.45, 2.75) is 70.9 Å². The summed E-state index contributed by atoms with van der Waals surface area (Å²) in [6.45, 7) is 6.22. The third-order valence-corrected chi connectivity index (χ3v) is 4.64. The lowest BCUT2D eigenvalue weighted by molar-refractivity contribution is -0.132. The molecule has 3 heteroatoms. The number of hydrogen-bond acceptors (Lipinski definition) is 2. The summed E-state index contributed by atoms with van der Waals surface area (Å²) >= 11 is 0. The van der Waals surface area contributed by atoms with Crippen LogP contribution in [-0.4, -0.2) is 36.0 Å². The van der Waals surface area contributed by atoms with Gasteiger partial charge in [0.2, 0.25) is 5.91 Å². The van der Waals surface area contributed by atoms with Crippen molar-refractivity contribution in [1.82, 2.24) is 10.2 Å². The van der Waals surface area contributed by atoms with Crippen LogP contribution in [0.15, 0.2) is 0 Å². The Labute approximate surface area is 111 Å². The topological polar surface area (TPSA) is 32.3 Å². The predicted molar refractivity (Wildman–Crippen MR) is 74.4 cm³/mol. The van der Waals surface area contributed by atoms with E-state index in [0.717, 1.165) is 25.4 Å².